The second-order valence-corrected chi connectivity index (χ2v) is 8.19. The van der Waals surface area contributed by atoms with Crippen molar-refractivity contribution in [2.45, 2.75) is 0 Å². The topological polar surface area (TPSA) is 25.8 Å². The van der Waals surface area contributed by atoms with E-state index in [4.69, 9.17) is 23.2 Å². The summed E-state index contributed by atoms with van der Waals surface area (Å²) >= 11 is 18.1. The van der Waals surface area contributed by atoms with Gasteiger partial charge in [0.2, 0.25) is 0 Å². The number of rotatable bonds is 0. The lowest BCUT2D eigenvalue weighted by Gasteiger charge is -1.87. The smallest absolute Gasteiger partial charge is 0.129 e. The maximum atomic E-state index is 5.71. The first kappa shape index (κ1) is 15.2. The Kier molecular flexibility index (Phi) is 4.76. The van der Waals surface area contributed by atoms with Crippen LogP contribution in [0.4, 0.5) is 0 Å². The molecule has 21 heavy (non-hydrogen) atoms. The monoisotopic (exact) mass is 416 g/mol. The van der Waals surface area contributed by atoms with Crippen molar-refractivity contribution >= 4 is 82.2 Å². The summed E-state index contributed by atoms with van der Waals surface area (Å²) in [6.07, 6.45) is 0. The molecule has 0 aromatic carbocycles. The Hall–Kier alpha value is -0.720. The predicted octanol–water partition coefficient (Wildman–Crippen LogP) is 6.66. The second-order valence-electron chi connectivity index (χ2n) is 4.01. The van der Waals surface area contributed by atoms with Gasteiger partial charge in [-0.2, -0.15) is 0 Å². The Balaban J connectivity index is 0.000000126. The van der Waals surface area contributed by atoms with Gasteiger partial charge < -0.3 is 0 Å². The lowest BCUT2D eigenvalue weighted by atomic mass is 10.4. The van der Waals surface area contributed by atoms with E-state index in [2.05, 4.69) is 25.9 Å². The van der Waals surface area contributed by atoms with Crippen molar-refractivity contribution in [1.82, 2.24) is 9.97 Å². The van der Waals surface area contributed by atoms with Crippen molar-refractivity contribution in [1.29, 1.82) is 0 Å². The zero-order chi connectivity index (χ0) is 14.8. The highest BCUT2D eigenvalue weighted by atomic mass is 79.9. The summed E-state index contributed by atoms with van der Waals surface area (Å²) in [5, 5.41) is 3.11. The van der Waals surface area contributed by atoms with Crippen LogP contribution >= 0.6 is 61.8 Å². The van der Waals surface area contributed by atoms with E-state index in [1.165, 1.54) is 4.70 Å². The molecule has 0 aliphatic carbocycles. The molecular formula is C14H7BrCl2N2S2. The molecular weight excluding hydrogens is 411 g/mol. The van der Waals surface area contributed by atoms with Gasteiger partial charge in [0.25, 0.3) is 0 Å². The van der Waals surface area contributed by atoms with Crippen molar-refractivity contribution in [2.24, 2.45) is 0 Å². The van der Waals surface area contributed by atoms with Crippen molar-refractivity contribution in [3.8, 4) is 0 Å². The van der Waals surface area contributed by atoms with Crippen LogP contribution in [0, 0.1) is 0 Å². The molecule has 0 aliphatic heterocycles. The van der Waals surface area contributed by atoms with Crippen molar-refractivity contribution < 1.29 is 0 Å². The first-order valence-electron chi connectivity index (χ1n) is 5.83. The van der Waals surface area contributed by atoms with Crippen LogP contribution < -0.4 is 0 Å². The van der Waals surface area contributed by atoms with Crippen LogP contribution in [-0.4, -0.2) is 9.97 Å². The van der Waals surface area contributed by atoms with E-state index in [1.807, 2.05) is 29.6 Å². The largest absolute Gasteiger partial charge is 0.235 e. The van der Waals surface area contributed by atoms with Crippen LogP contribution in [0.5, 0.6) is 0 Å². The first-order valence-corrected chi connectivity index (χ1v) is 9.08. The maximum Gasteiger partial charge on any atom is 0.129 e. The minimum atomic E-state index is 0.544. The van der Waals surface area contributed by atoms with Crippen molar-refractivity contribution in [3.05, 3.63) is 55.9 Å². The lowest BCUT2D eigenvalue weighted by molar-refractivity contribution is 1.43. The number of fused-ring (bicyclic) bond motifs is 2. The van der Waals surface area contributed by atoms with Crippen molar-refractivity contribution in [2.75, 3.05) is 0 Å². The van der Waals surface area contributed by atoms with Gasteiger partial charge in [-0.15, -0.1) is 22.7 Å². The number of nitrogens with zero attached hydrogens (tertiary/aromatic N) is 2. The summed E-state index contributed by atoms with van der Waals surface area (Å²) in [7, 11) is 0. The van der Waals surface area contributed by atoms with E-state index < -0.39 is 0 Å². The van der Waals surface area contributed by atoms with Crippen LogP contribution in [0.3, 0.4) is 0 Å². The Bertz CT molecular complexity index is 904. The molecule has 4 heterocycles. The van der Waals surface area contributed by atoms with Gasteiger partial charge >= 0.3 is 0 Å². The quantitative estimate of drug-likeness (QED) is 0.299. The molecule has 0 N–H and O–H groups in total. The third-order valence-electron chi connectivity index (χ3n) is 2.58. The van der Waals surface area contributed by atoms with E-state index in [0.717, 1.165) is 19.5 Å². The van der Waals surface area contributed by atoms with Gasteiger partial charge in [-0.3, -0.25) is 0 Å². The number of hydrogen-bond acceptors (Lipinski definition) is 4. The Labute approximate surface area is 147 Å². The fourth-order valence-electron chi connectivity index (χ4n) is 1.70. The molecule has 0 aliphatic rings. The molecule has 7 heteroatoms. The van der Waals surface area contributed by atoms with Gasteiger partial charge in [0, 0.05) is 0 Å². The molecule has 4 aromatic rings. The fourth-order valence-corrected chi connectivity index (χ4v) is 4.20. The van der Waals surface area contributed by atoms with Gasteiger partial charge in [-0.1, -0.05) is 23.2 Å². The van der Waals surface area contributed by atoms with E-state index in [-0.39, 0.29) is 0 Å². The number of hydrogen-bond donors (Lipinski definition) is 0. The summed E-state index contributed by atoms with van der Waals surface area (Å²) in [4.78, 5) is 8.25. The third kappa shape index (κ3) is 3.73. The maximum absolute atomic E-state index is 5.71. The van der Waals surface area contributed by atoms with Gasteiger partial charge in [0.15, 0.2) is 0 Å². The van der Waals surface area contributed by atoms with E-state index in [1.54, 1.807) is 34.8 Å². The molecule has 0 atom stereocenters. The normalized spacial score (nSPS) is 10.6. The van der Waals surface area contributed by atoms with Crippen LogP contribution in [-0.2, 0) is 0 Å². The highest BCUT2D eigenvalue weighted by Crippen LogP contribution is 2.29. The summed E-state index contributed by atoms with van der Waals surface area (Å²) in [5.41, 5.74) is 1.94. The van der Waals surface area contributed by atoms with Crippen LogP contribution in [0.25, 0.3) is 20.4 Å². The highest BCUT2D eigenvalue weighted by molar-refractivity contribution is 9.11. The highest BCUT2D eigenvalue weighted by Gasteiger charge is 2.00. The fraction of sp³-hybridized carbons (Fsp3) is 0. The predicted molar refractivity (Wildman–Crippen MR) is 97.0 cm³/mol. The zero-order valence-electron chi connectivity index (χ0n) is 10.4. The number of pyridine rings is 2. The third-order valence-corrected chi connectivity index (χ3v) is 5.47. The molecule has 0 bridgehead atoms. The molecule has 0 radical (unpaired) electrons. The molecule has 2 nitrogen and oxygen atoms in total. The molecule has 0 spiro atoms. The van der Waals surface area contributed by atoms with E-state index in [0.29, 0.717) is 10.3 Å². The zero-order valence-corrected chi connectivity index (χ0v) is 15.1. The number of aromatic nitrogens is 2. The van der Waals surface area contributed by atoms with Gasteiger partial charge in [-0.25, -0.2) is 9.97 Å². The minimum Gasteiger partial charge on any atom is -0.235 e. The molecule has 0 saturated carbocycles. The van der Waals surface area contributed by atoms with Gasteiger partial charge in [0.05, 0.1) is 24.2 Å². The summed E-state index contributed by atoms with van der Waals surface area (Å²) in [6, 6.07) is 11.5. The summed E-state index contributed by atoms with van der Waals surface area (Å²) in [6.45, 7) is 0. The van der Waals surface area contributed by atoms with Gasteiger partial charge in [-0.05, 0) is 57.7 Å². The average Bonchev–Trinajstić information content (AvgIpc) is 3.03. The Morgan fingerprint density at radius 2 is 1.52 bits per heavy atom. The van der Waals surface area contributed by atoms with Crippen molar-refractivity contribution in [3.63, 3.8) is 0 Å². The molecule has 0 amide bonds. The minimum absolute atomic E-state index is 0.544. The molecule has 0 saturated heterocycles. The SMILES string of the molecule is Clc1ccc2sc(Br)cc2n1.Clc1ccc2sccc2n1. The molecule has 4 aromatic heterocycles. The molecule has 4 rings (SSSR count). The standard InChI is InChI=1S/C7H3BrClNS.C7H4ClNS/c8-6-3-4-5(11-6)1-2-7(9)10-4;8-7-2-1-6-5(9-7)3-4-10-6/h1-3H;1-4H. The number of halogens is 3. The Morgan fingerprint density at radius 3 is 2.29 bits per heavy atom. The summed E-state index contributed by atoms with van der Waals surface area (Å²) < 4.78 is 3.42. The van der Waals surface area contributed by atoms with Crippen LogP contribution in [0.1, 0.15) is 0 Å². The van der Waals surface area contributed by atoms with Crippen LogP contribution in [0.15, 0.2) is 45.6 Å². The average molecular weight is 418 g/mol. The van der Waals surface area contributed by atoms with Crippen LogP contribution in [0.2, 0.25) is 10.3 Å². The number of thiophene rings is 2. The molecule has 106 valence electrons. The second kappa shape index (κ2) is 6.58. The molecule has 0 fully saturated rings. The molecule has 0 unspecified atom stereocenters. The summed E-state index contributed by atoms with van der Waals surface area (Å²) in [5.74, 6) is 0. The van der Waals surface area contributed by atoms with E-state index >= 15 is 0 Å². The van der Waals surface area contributed by atoms with Gasteiger partial charge in [0.1, 0.15) is 10.3 Å². The Morgan fingerprint density at radius 1 is 0.857 bits per heavy atom. The first-order chi connectivity index (χ1) is 10.1. The van der Waals surface area contributed by atoms with E-state index in [9.17, 15) is 0 Å². The lowest BCUT2D eigenvalue weighted by Crippen LogP contribution is -1.71.